The Morgan fingerprint density at radius 3 is 2.65 bits per heavy atom. The predicted molar refractivity (Wildman–Crippen MR) is 63.0 cm³/mol. The number of Topliss-reactive ketones (excluding diaryl/α,β-unsaturated/α-hetero) is 1. The van der Waals surface area contributed by atoms with Crippen molar-refractivity contribution in [1.82, 2.24) is 0 Å². The molecule has 2 N–H and O–H groups in total. The molecule has 0 aromatic heterocycles. The number of nitrogen functional groups attached to an aromatic ring is 1. The quantitative estimate of drug-likeness (QED) is 0.476. The molecule has 5 nitrogen and oxygen atoms in total. The van der Waals surface area contributed by atoms with E-state index in [1.54, 1.807) is 19.1 Å². The van der Waals surface area contributed by atoms with Gasteiger partial charge >= 0.3 is 5.97 Å². The summed E-state index contributed by atoms with van der Waals surface area (Å²) < 4.78 is 9.93. The molecular formula is C12H15NO4. The molecule has 0 amide bonds. The first-order valence-corrected chi connectivity index (χ1v) is 5.23. The zero-order valence-corrected chi connectivity index (χ0v) is 9.86. The van der Waals surface area contributed by atoms with E-state index in [2.05, 4.69) is 0 Å². The standard InChI is InChI=1S/C12H15NO4/c1-3-16-12(15)7-17-11-5-4-9(13)6-10(11)8(2)14/h4-6H,3,7,13H2,1-2H3. The fourth-order valence-corrected chi connectivity index (χ4v) is 1.29. The van der Waals surface area contributed by atoms with Gasteiger partial charge in [0.2, 0.25) is 0 Å². The molecule has 17 heavy (non-hydrogen) atoms. The molecule has 0 aliphatic rings. The lowest BCUT2D eigenvalue weighted by molar-refractivity contribution is -0.145. The summed E-state index contributed by atoms with van der Waals surface area (Å²) in [5, 5.41) is 0. The van der Waals surface area contributed by atoms with Crippen molar-refractivity contribution in [3.63, 3.8) is 0 Å². The number of ether oxygens (including phenoxy) is 2. The maximum atomic E-state index is 11.3. The Hall–Kier alpha value is -2.04. The minimum atomic E-state index is -0.473. The molecule has 0 aliphatic carbocycles. The van der Waals surface area contributed by atoms with Crippen molar-refractivity contribution in [3.8, 4) is 5.75 Å². The van der Waals surface area contributed by atoms with Gasteiger partial charge in [-0.1, -0.05) is 0 Å². The summed E-state index contributed by atoms with van der Waals surface area (Å²) in [5.74, 6) is -0.310. The van der Waals surface area contributed by atoms with Gasteiger partial charge in [0.05, 0.1) is 12.2 Å². The van der Waals surface area contributed by atoms with E-state index < -0.39 is 5.97 Å². The highest BCUT2D eigenvalue weighted by Crippen LogP contribution is 2.21. The van der Waals surface area contributed by atoms with Crippen LogP contribution < -0.4 is 10.5 Å². The van der Waals surface area contributed by atoms with Crippen LogP contribution >= 0.6 is 0 Å². The van der Waals surface area contributed by atoms with Crippen molar-refractivity contribution in [3.05, 3.63) is 23.8 Å². The molecule has 1 aromatic carbocycles. The van der Waals surface area contributed by atoms with E-state index in [1.165, 1.54) is 13.0 Å². The van der Waals surface area contributed by atoms with Gasteiger partial charge in [0, 0.05) is 5.69 Å². The van der Waals surface area contributed by atoms with Crippen LogP contribution in [0.25, 0.3) is 0 Å². The Bertz CT molecular complexity index is 429. The van der Waals surface area contributed by atoms with Crippen molar-refractivity contribution < 1.29 is 19.1 Å². The smallest absolute Gasteiger partial charge is 0.344 e. The van der Waals surface area contributed by atoms with Crippen molar-refractivity contribution in [2.24, 2.45) is 0 Å². The normalized spacial score (nSPS) is 9.76. The number of benzene rings is 1. The number of esters is 1. The third-order valence-corrected chi connectivity index (χ3v) is 2.03. The molecule has 0 fully saturated rings. The van der Waals surface area contributed by atoms with E-state index in [9.17, 15) is 9.59 Å². The minimum Gasteiger partial charge on any atom is -0.481 e. The van der Waals surface area contributed by atoms with Gasteiger partial charge in [0.1, 0.15) is 5.75 Å². The molecule has 0 unspecified atom stereocenters. The average Bonchev–Trinajstić information content (AvgIpc) is 2.27. The summed E-state index contributed by atoms with van der Waals surface area (Å²) >= 11 is 0. The molecule has 0 radical (unpaired) electrons. The predicted octanol–water partition coefficient (Wildman–Crippen LogP) is 1.41. The summed E-state index contributed by atoms with van der Waals surface area (Å²) in [6.45, 7) is 3.19. The van der Waals surface area contributed by atoms with Gasteiger partial charge in [0.15, 0.2) is 12.4 Å². The van der Waals surface area contributed by atoms with Gasteiger partial charge in [-0.3, -0.25) is 4.79 Å². The summed E-state index contributed by atoms with van der Waals surface area (Å²) in [6.07, 6.45) is 0. The first kappa shape index (κ1) is 13.0. The maximum absolute atomic E-state index is 11.3. The first-order chi connectivity index (χ1) is 8.04. The third kappa shape index (κ3) is 3.79. The van der Waals surface area contributed by atoms with Gasteiger partial charge in [-0.2, -0.15) is 0 Å². The van der Waals surface area contributed by atoms with E-state index in [4.69, 9.17) is 15.2 Å². The summed E-state index contributed by atoms with van der Waals surface area (Å²) in [4.78, 5) is 22.4. The Balaban J connectivity index is 2.77. The molecule has 5 heteroatoms. The van der Waals surface area contributed by atoms with E-state index in [0.717, 1.165) is 0 Å². The number of carbonyl (C=O) groups is 2. The Kier molecular flexibility index (Phi) is 4.51. The molecule has 0 aliphatic heterocycles. The van der Waals surface area contributed by atoms with E-state index >= 15 is 0 Å². The second kappa shape index (κ2) is 5.89. The largest absolute Gasteiger partial charge is 0.481 e. The second-order valence-electron chi connectivity index (χ2n) is 3.41. The van der Waals surface area contributed by atoms with Crippen LogP contribution in [0.15, 0.2) is 18.2 Å². The van der Waals surface area contributed by atoms with E-state index in [1.807, 2.05) is 0 Å². The van der Waals surface area contributed by atoms with Crippen LogP contribution in [-0.4, -0.2) is 25.0 Å². The summed E-state index contributed by atoms with van der Waals surface area (Å²) in [7, 11) is 0. The molecule has 0 bridgehead atoms. The van der Waals surface area contributed by atoms with Crippen LogP contribution in [0.2, 0.25) is 0 Å². The van der Waals surface area contributed by atoms with Crippen LogP contribution in [0.1, 0.15) is 24.2 Å². The molecule has 0 saturated heterocycles. The molecule has 1 rings (SSSR count). The SMILES string of the molecule is CCOC(=O)COc1ccc(N)cc1C(C)=O. The Labute approximate surface area is 99.5 Å². The fourth-order valence-electron chi connectivity index (χ4n) is 1.29. The molecule has 0 atom stereocenters. The van der Waals surface area contributed by atoms with Crippen LogP contribution in [0.4, 0.5) is 5.69 Å². The number of hydrogen-bond acceptors (Lipinski definition) is 5. The Morgan fingerprint density at radius 2 is 2.06 bits per heavy atom. The lowest BCUT2D eigenvalue weighted by Gasteiger charge is -2.09. The van der Waals surface area contributed by atoms with Gasteiger partial charge in [-0.25, -0.2) is 4.79 Å². The molecule has 1 aromatic rings. The molecule has 0 spiro atoms. The number of hydrogen-bond donors (Lipinski definition) is 1. The number of nitrogens with two attached hydrogens (primary N) is 1. The summed E-state index contributed by atoms with van der Waals surface area (Å²) in [5.41, 5.74) is 6.40. The Morgan fingerprint density at radius 1 is 1.35 bits per heavy atom. The maximum Gasteiger partial charge on any atom is 0.344 e. The van der Waals surface area contributed by atoms with Gasteiger partial charge in [-0.05, 0) is 32.0 Å². The van der Waals surface area contributed by atoms with Crippen molar-refractivity contribution in [2.45, 2.75) is 13.8 Å². The number of ketones is 1. The zero-order valence-electron chi connectivity index (χ0n) is 9.86. The molecule has 0 saturated carbocycles. The highest BCUT2D eigenvalue weighted by molar-refractivity contribution is 5.97. The lowest BCUT2D eigenvalue weighted by atomic mass is 10.1. The lowest BCUT2D eigenvalue weighted by Crippen LogP contribution is -2.15. The number of rotatable bonds is 5. The molecule has 0 heterocycles. The highest BCUT2D eigenvalue weighted by Gasteiger charge is 2.11. The fraction of sp³-hybridized carbons (Fsp3) is 0.333. The van der Waals surface area contributed by atoms with E-state index in [0.29, 0.717) is 23.6 Å². The average molecular weight is 237 g/mol. The minimum absolute atomic E-state index is 0.170. The van der Waals surface area contributed by atoms with Crippen LogP contribution in [0.5, 0.6) is 5.75 Å². The van der Waals surface area contributed by atoms with Crippen molar-refractivity contribution >= 4 is 17.4 Å². The van der Waals surface area contributed by atoms with Crippen LogP contribution in [0.3, 0.4) is 0 Å². The first-order valence-electron chi connectivity index (χ1n) is 5.23. The molecule has 92 valence electrons. The summed E-state index contributed by atoms with van der Waals surface area (Å²) in [6, 6.07) is 4.68. The topological polar surface area (TPSA) is 78.6 Å². The van der Waals surface area contributed by atoms with Gasteiger partial charge in [-0.15, -0.1) is 0 Å². The van der Waals surface area contributed by atoms with Crippen molar-refractivity contribution in [1.29, 1.82) is 0 Å². The third-order valence-electron chi connectivity index (χ3n) is 2.03. The second-order valence-corrected chi connectivity index (χ2v) is 3.41. The van der Waals surface area contributed by atoms with Gasteiger partial charge < -0.3 is 15.2 Å². The molecular weight excluding hydrogens is 222 g/mol. The van der Waals surface area contributed by atoms with Crippen LogP contribution in [-0.2, 0) is 9.53 Å². The van der Waals surface area contributed by atoms with Crippen LogP contribution in [0, 0.1) is 0 Å². The number of anilines is 1. The van der Waals surface area contributed by atoms with Gasteiger partial charge in [0.25, 0.3) is 0 Å². The zero-order chi connectivity index (χ0) is 12.8. The van der Waals surface area contributed by atoms with E-state index in [-0.39, 0.29) is 12.4 Å². The number of carbonyl (C=O) groups excluding carboxylic acids is 2. The highest BCUT2D eigenvalue weighted by atomic mass is 16.6. The monoisotopic (exact) mass is 237 g/mol. The van der Waals surface area contributed by atoms with Crippen molar-refractivity contribution in [2.75, 3.05) is 18.9 Å².